The summed E-state index contributed by atoms with van der Waals surface area (Å²) in [4.78, 5) is 0. The van der Waals surface area contributed by atoms with Crippen LogP contribution in [-0.4, -0.2) is 18.2 Å². The van der Waals surface area contributed by atoms with Crippen LogP contribution in [0.3, 0.4) is 0 Å². The first-order valence-electron chi connectivity index (χ1n) is 6.51. The number of aliphatic hydroxyl groups excluding tert-OH is 1. The molecule has 19 heavy (non-hydrogen) atoms. The smallest absolute Gasteiger partial charge is 0.127 e. The van der Waals surface area contributed by atoms with E-state index in [0.29, 0.717) is 6.54 Å². The van der Waals surface area contributed by atoms with Crippen molar-refractivity contribution in [2.24, 2.45) is 0 Å². The Morgan fingerprint density at radius 2 is 1.79 bits per heavy atom. The summed E-state index contributed by atoms with van der Waals surface area (Å²) in [6.07, 6.45) is -0.515. The van der Waals surface area contributed by atoms with Gasteiger partial charge < -0.3 is 15.2 Å². The van der Waals surface area contributed by atoms with Crippen LogP contribution in [0.5, 0.6) is 11.5 Å². The zero-order valence-corrected chi connectivity index (χ0v) is 11.0. The second kappa shape index (κ2) is 6.92. The molecule has 100 valence electrons. The maximum atomic E-state index is 10.0. The van der Waals surface area contributed by atoms with Crippen LogP contribution >= 0.6 is 0 Å². The van der Waals surface area contributed by atoms with E-state index in [1.165, 1.54) is 0 Å². The molecule has 3 heteroatoms. The molecule has 2 aromatic rings. The average Bonchev–Trinajstić information content (AvgIpc) is 2.46. The lowest BCUT2D eigenvalue weighted by atomic mass is 10.1. The molecular weight excluding hydrogens is 238 g/mol. The maximum absolute atomic E-state index is 10.0. The number of nitrogens with one attached hydrogen (secondary N) is 1. The van der Waals surface area contributed by atoms with Gasteiger partial charge in [0.05, 0.1) is 6.10 Å². The largest absolute Gasteiger partial charge is 0.457 e. The summed E-state index contributed by atoms with van der Waals surface area (Å²) in [5.74, 6) is 1.53. The fourth-order valence-electron chi connectivity index (χ4n) is 1.81. The lowest BCUT2D eigenvalue weighted by Crippen LogP contribution is -2.20. The summed E-state index contributed by atoms with van der Waals surface area (Å²) in [6, 6.07) is 17.2. The van der Waals surface area contributed by atoms with Gasteiger partial charge in [0.15, 0.2) is 0 Å². The van der Waals surface area contributed by atoms with Gasteiger partial charge in [-0.2, -0.15) is 0 Å². The molecule has 0 aliphatic carbocycles. The monoisotopic (exact) mass is 257 g/mol. The second-order valence-electron chi connectivity index (χ2n) is 4.31. The first-order chi connectivity index (χ1) is 9.29. The Morgan fingerprint density at radius 1 is 1.05 bits per heavy atom. The maximum Gasteiger partial charge on any atom is 0.127 e. The Bertz CT molecular complexity index is 499. The van der Waals surface area contributed by atoms with Gasteiger partial charge in [-0.15, -0.1) is 0 Å². The van der Waals surface area contributed by atoms with Crippen molar-refractivity contribution in [3.8, 4) is 11.5 Å². The van der Waals surface area contributed by atoms with Crippen LogP contribution in [0.1, 0.15) is 18.6 Å². The molecule has 0 bridgehead atoms. The van der Waals surface area contributed by atoms with Crippen molar-refractivity contribution in [2.45, 2.75) is 13.0 Å². The molecule has 0 aromatic heterocycles. The summed E-state index contributed by atoms with van der Waals surface area (Å²) in [6.45, 7) is 3.41. The minimum Gasteiger partial charge on any atom is -0.457 e. The van der Waals surface area contributed by atoms with E-state index in [0.717, 1.165) is 23.6 Å². The van der Waals surface area contributed by atoms with Gasteiger partial charge in [-0.3, -0.25) is 0 Å². The van der Waals surface area contributed by atoms with Crippen LogP contribution in [0.15, 0.2) is 54.6 Å². The van der Waals surface area contributed by atoms with E-state index in [-0.39, 0.29) is 0 Å². The second-order valence-corrected chi connectivity index (χ2v) is 4.31. The summed E-state index contributed by atoms with van der Waals surface area (Å²) >= 11 is 0. The number of ether oxygens (including phenoxy) is 1. The molecule has 0 fully saturated rings. The van der Waals surface area contributed by atoms with Gasteiger partial charge >= 0.3 is 0 Å². The van der Waals surface area contributed by atoms with Gasteiger partial charge in [-0.25, -0.2) is 0 Å². The molecule has 0 spiro atoms. The predicted molar refractivity (Wildman–Crippen MR) is 76.5 cm³/mol. The van der Waals surface area contributed by atoms with Gasteiger partial charge in [0.25, 0.3) is 0 Å². The van der Waals surface area contributed by atoms with E-state index in [4.69, 9.17) is 4.74 Å². The third kappa shape index (κ3) is 4.09. The van der Waals surface area contributed by atoms with Gasteiger partial charge in [0.2, 0.25) is 0 Å². The van der Waals surface area contributed by atoms with Gasteiger partial charge in [0.1, 0.15) is 11.5 Å². The number of hydrogen-bond acceptors (Lipinski definition) is 3. The van der Waals surface area contributed by atoms with Crippen molar-refractivity contribution in [3.63, 3.8) is 0 Å². The Hall–Kier alpha value is -1.84. The topological polar surface area (TPSA) is 41.5 Å². The third-order valence-corrected chi connectivity index (χ3v) is 2.81. The van der Waals surface area contributed by atoms with E-state index >= 15 is 0 Å². The van der Waals surface area contributed by atoms with Crippen LogP contribution in [0.4, 0.5) is 0 Å². The van der Waals surface area contributed by atoms with Gasteiger partial charge in [0, 0.05) is 6.54 Å². The third-order valence-electron chi connectivity index (χ3n) is 2.81. The molecule has 0 saturated carbocycles. The Kier molecular flexibility index (Phi) is 4.95. The molecular formula is C16H19NO2. The minimum atomic E-state index is -0.515. The molecule has 0 aliphatic rings. The Morgan fingerprint density at radius 3 is 2.53 bits per heavy atom. The number of aliphatic hydroxyl groups is 1. The molecule has 0 aliphatic heterocycles. The number of para-hydroxylation sites is 1. The molecule has 3 nitrogen and oxygen atoms in total. The molecule has 2 N–H and O–H groups in total. The van der Waals surface area contributed by atoms with Crippen molar-refractivity contribution in [1.29, 1.82) is 0 Å². The fraction of sp³-hybridized carbons (Fsp3) is 0.250. The average molecular weight is 257 g/mol. The lowest BCUT2D eigenvalue weighted by molar-refractivity contribution is 0.175. The molecule has 2 aromatic carbocycles. The van der Waals surface area contributed by atoms with E-state index < -0.39 is 6.10 Å². The van der Waals surface area contributed by atoms with Crippen molar-refractivity contribution in [1.82, 2.24) is 5.32 Å². The van der Waals surface area contributed by atoms with Crippen LogP contribution in [-0.2, 0) is 0 Å². The van der Waals surface area contributed by atoms with E-state index in [2.05, 4.69) is 5.32 Å². The van der Waals surface area contributed by atoms with Crippen molar-refractivity contribution in [3.05, 3.63) is 60.2 Å². The first kappa shape index (κ1) is 13.6. The van der Waals surface area contributed by atoms with E-state index in [1.807, 2.05) is 61.5 Å². The summed E-state index contributed by atoms with van der Waals surface area (Å²) in [5.41, 5.74) is 0.856. The predicted octanol–water partition coefficient (Wildman–Crippen LogP) is 3.12. The molecule has 0 heterocycles. The summed E-state index contributed by atoms with van der Waals surface area (Å²) in [7, 11) is 0. The highest BCUT2D eigenvalue weighted by atomic mass is 16.5. The van der Waals surface area contributed by atoms with Crippen LogP contribution in [0.25, 0.3) is 0 Å². The van der Waals surface area contributed by atoms with Gasteiger partial charge in [-0.05, 0) is 36.4 Å². The molecule has 0 saturated heterocycles. The molecule has 1 unspecified atom stereocenters. The molecule has 0 amide bonds. The number of likely N-dealkylation sites (N-methyl/N-ethyl adjacent to an activating group) is 1. The molecule has 2 rings (SSSR count). The Balaban J connectivity index is 2.06. The van der Waals surface area contributed by atoms with Crippen molar-refractivity contribution < 1.29 is 9.84 Å². The highest BCUT2D eigenvalue weighted by Crippen LogP contribution is 2.24. The quantitative estimate of drug-likeness (QED) is 0.835. The Labute approximate surface area is 113 Å². The molecule has 0 radical (unpaired) electrons. The van der Waals surface area contributed by atoms with Gasteiger partial charge in [-0.1, -0.05) is 37.3 Å². The SMILES string of the molecule is CCNCC(O)c1cccc(Oc2ccccc2)c1. The number of hydrogen-bond donors (Lipinski definition) is 2. The summed E-state index contributed by atoms with van der Waals surface area (Å²) in [5, 5.41) is 13.1. The highest BCUT2D eigenvalue weighted by Gasteiger charge is 2.07. The number of rotatable bonds is 6. The zero-order chi connectivity index (χ0) is 13.5. The lowest BCUT2D eigenvalue weighted by Gasteiger charge is -2.13. The standard InChI is InChI=1S/C16H19NO2/c1-2-17-12-16(18)13-7-6-10-15(11-13)19-14-8-4-3-5-9-14/h3-11,16-18H,2,12H2,1H3. The number of benzene rings is 2. The van der Waals surface area contributed by atoms with E-state index in [1.54, 1.807) is 0 Å². The molecule has 1 atom stereocenters. The van der Waals surface area contributed by atoms with E-state index in [9.17, 15) is 5.11 Å². The van der Waals surface area contributed by atoms with Crippen molar-refractivity contribution in [2.75, 3.05) is 13.1 Å². The van der Waals surface area contributed by atoms with Crippen LogP contribution in [0, 0.1) is 0 Å². The fourth-order valence-corrected chi connectivity index (χ4v) is 1.81. The van der Waals surface area contributed by atoms with Crippen LogP contribution in [0.2, 0.25) is 0 Å². The minimum absolute atomic E-state index is 0.515. The zero-order valence-electron chi connectivity index (χ0n) is 11.0. The van der Waals surface area contributed by atoms with Crippen molar-refractivity contribution >= 4 is 0 Å². The van der Waals surface area contributed by atoms with Crippen LogP contribution < -0.4 is 10.1 Å². The normalized spacial score (nSPS) is 12.1. The summed E-state index contributed by atoms with van der Waals surface area (Å²) < 4.78 is 5.74. The first-order valence-corrected chi connectivity index (χ1v) is 6.51. The highest BCUT2D eigenvalue weighted by molar-refractivity contribution is 5.34.